The van der Waals surface area contributed by atoms with Crippen molar-refractivity contribution in [2.75, 3.05) is 4.90 Å². The van der Waals surface area contributed by atoms with E-state index in [0.717, 1.165) is 60.5 Å². The van der Waals surface area contributed by atoms with Crippen molar-refractivity contribution < 1.29 is 5.48 Å². The summed E-state index contributed by atoms with van der Waals surface area (Å²) in [6, 6.07) is 76.2. The Hall–Kier alpha value is -8.00. The molecule has 0 saturated carbocycles. The Balaban J connectivity index is 1.03. The molecule has 11 rings (SSSR count). The largest absolute Gasteiger partial charge is 0.311 e. The molecule has 1 heteroatoms. The molecule has 0 radical (unpaired) electrons. The smallest absolute Gasteiger partial charge is 0.0645 e. The van der Waals surface area contributed by atoms with Crippen molar-refractivity contribution in [1.82, 2.24) is 0 Å². The molecule has 0 heterocycles. The lowest BCUT2D eigenvalue weighted by Gasteiger charge is -2.26. The molecular formula is C60H41N. The maximum atomic E-state index is 9.70. The van der Waals surface area contributed by atoms with E-state index in [1.807, 2.05) is 89.8 Å². The van der Waals surface area contributed by atoms with E-state index in [1.165, 1.54) is 16.3 Å². The van der Waals surface area contributed by atoms with E-state index in [1.54, 1.807) is 0 Å². The van der Waals surface area contributed by atoms with Crippen LogP contribution in [0.15, 0.2) is 249 Å². The molecule has 0 atom stereocenters. The molecule has 0 N–H and O–H groups in total. The van der Waals surface area contributed by atoms with Gasteiger partial charge >= 0.3 is 0 Å². The highest BCUT2D eigenvalue weighted by atomic mass is 15.1. The molecule has 0 aliphatic rings. The number of hydrogen-bond acceptors (Lipinski definition) is 1. The Bertz CT molecular complexity index is 3530. The Morgan fingerprint density at radius 3 is 1.38 bits per heavy atom. The lowest BCUT2D eigenvalue weighted by atomic mass is 9.93. The summed E-state index contributed by atoms with van der Waals surface area (Å²) in [6.45, 7) is 0. The average molecular weight is 780 g/mol. The number of anilines is 3. The third kappa shape index (κ3) is 6.93. The van der Waals surface area contributed by atoms with Crippen molar-refractivity contribution >= 4 is 49.4 Å². The fraction of sp³-hybridized carbons (Fsp3) is 0. The quantitative estimate of drug-likeness (QED) is 0.139. The highest BCUT2D eigenvalue weighted by molar-refractivity contribution is 6.13. The molecule has 0 aliphatic carbocycles. The van der Waals surface area contributed by atoms with Crippen molar-refractivity contribution in [2.24, 2.45) is 0 Å². The van der Waals surface area contributed by atoms with Crippen molar-refractivity contribution in [2.45, 2.75) is 0 Å². The zero-order valence-corrected chi connectivity index (χ0v) is 33.3. The fourth-order valence-electron chi connectivity index (χ4n) is 8.66. The van der Waals surface area contributed by atoms with Crippen LogP contribution in [0.4, 0.5) is 17.1 Å². The second kappa shape index (κ2) is 15.6. The van der Waals surface area contributed by atoms with E-state index in [2.05, 4.69) is 140 Å². The zero-order chi connectivity index (χ0) is 44.0. The summed E-state index contributed by atoms with van der Waals surface area (Å²) >= 11 is 0. The Labute approximate surface area is 362 Å². The summed E-state index contributed by atoms with van der Waals surface area (Å²) in [5, 5.41) is 6.32. The molecule has 0 aliphatic heterocycles. The van der Waals surface area contributed by atoms with Crippen LogP contribution >= 0.6 is 0 Å². The standard InChI is InChI=1S/C60H41N/c1-2-12-42(13-3-1)43-24-26-44(27-25-43)45-28-34-52(35-29-45)61(54-38-32-48(33-39-54)60-41-51-15-5-7-20-57(51)58-21-8-9-22-59(58)60)53-36-30-46(31-37-53)49-17-10-18-50(40-49)56-23-11-16-47-14-4-6-19-55(47)56/h1-41H/i32D,33D,38D,39D. The highest BCUT2D eigenvalue weighted by Gasteiger charge is 2.16. The molecule has 11 aromatic carbocycles. The number of fused-ring (bicyclic) bond motifs is 4. The summed E-state index contributed by atoms with van der Waals surface area (Å²) in [4.78, 5) is 1.86. The molecule has 0 aromatic heterocycles. The molecule has 11 aromatic rings. The average Bonchev–Trinajstić information content (AvgIpc) is 3.37. The first-order valence-electron chi connectivity index (χ1n) is 22.7. The number of nitrogens with zero attached hydrogens (tertiary/aromatic N) is 1. The monoisotopic (exact) mass is 779 g/mol. The van der Waals surface area contributed by atoms with Gasteiger partial charge in [0, 0.05) is 17.1 Å². The van der Waals surface area contributed by atoms with E-state index in [-0.39, 0.29) is 35.4 Å². The van der Waals surface area contributed by atoms with Crippen molar-refractivity contribution in [3.8, 4) is 55.6 Å². The van der Waals surface area contributed by atoms with Crippen LogP contribution in [0.1, 0.15) is 5.48 Å². The third-order valence-corrected chi connectivity index (χ3v) is 11.7. The van der Waals surface area contributed by atoms with Crippen LogP contribution in [-0.2, 0) is 0 Å². The minimum Gasteiger partial charge on any atom is -0.311 e. The first-order chi connectivity index (χ1) is 31.9. The van der Waals surface area contributed by atoms with E-state index >= 15 is 0 Å². The summed E-state index contributed by atoms with van der Waals surface area (Å²) in [5.74, 6) is 0. The lowest BCUT2D eigenvalue weighted by Crippen LogP contribution is -2.09. The molecule has 0 spiro atoms. The van der Waals surface area contributed by atoms with Gasteiger partial charge in [-0.25, -0.2) is 0 Å². The van der Waals surface area contributed by atoms with E-state index in [4.69, 9.17) is 0 Å². The molecular weight excluding hydrogens is 735 g/mol. The fourth-order valence-corrected chi connectivity index (χ4v) is 8.66. The van der Waals surface area contributed by atoms with Gasteiger partial charge in [0.15, 0.2) is 0 Å². The topological polar surface area (TPSA) is 3.24 Å². The van der Waals surface area contributed by atoms with Crippen LogP contribution in [0, 0.1) is 0 Å². The zero-order valence-electron chi connectivity index (χ0n) is 37.3. The third-order valence-electron chi connectivity index (χ3n) is 11.7. The number of benzene rings is 11. The Morgan fingerprint density at radius 1 is 0.246 bits per heavy atom. The number of rotatable bonds is 8. The van der Waals surface area contributed by atoms with Crippen LogP contribution in [0.3, 0.4) is 0 Å². The van der Waals surface area contributed by atoms with Crippen LogP contribution in [0.5, 0.6) is 0 Å². The minimum atomic E-state index is -0.120. The SMILES string of the molecule is [2H]c1c([2H])c(N(c2ccc(-c3ccc(-c4ccccc4)cc3)cc2)c2ccc(-c3cccc(-c4cccc5ccccc45)c3)cc2)c([2H])c([2H])c1-c1cc2ccccc2c2ccccc12. The van der Waals surface area contributed by atoms with Gasteiger partial charge in [0.1, 0.15) is 0 Å². The second-order valence-electron chi connectivity index (χ2n) is 15.4. The number of hydrogen-bond donors (Lipinski definition) is 0. The van der Waals surface area contributed by atoms with Crippen LogP contribution < -0.4 is 4.90 Å². The van der Waals surface area contributed by atoms with E-state index in [0.29, 0.717) is 16.9 Å². The normalized spacial score (nSPS) is 12.2. The molecule has 0 amide bonds. The molecule has 1 nitrogen and oxygen atoms in total. The van der Waals surface area contributed by atoms with Gasteiger partial charge in [-0.3, -0.25) is 0 Å². The van der Waals surface area contributed by atoms with Crippen LogP contribution in [0.25, 0.3) is 88.0 Å². The highest BCUT2D eigenvalue weighted by Crippen LogP contribution is 2.40. The maximum absolute atomic E-state index is 9.70. The molecule has 0 fully saturated rings. The van der Waals surface area contributed by atoms with Gasteiger partial charge < -0.3 is 4.90 Å². The van der Waals surface area contributed by atoms with Gasteiger partial charge in [0.25, 0.3) is 0 Å². The first-order valence-corrected chi connectivity index (χ1v) is 20.7. The summed E-state index contributed by atoms with van der Waals surface area (Å²) in [5.41, 5.74) is 11.3. The minimum absolute atomic E-state index is 0.0940. The van der Waals surface area contributed by atoms with Gasteiger partial charge in [-0.05, 0) is 136 Å². The predicted octanol–water partition coefficient (Wildman–Crippen LogP) is 17.0. The first kappa shape index (κ1) is 31.9. The predicted molar refractivity (Wildman–Crippen MR) is 261 cm³/mol. The van der Waals surface area contributed by atoms with E-state index in [9.17, 15) is 5.48 Å². The van der Waals surface area contributed by atoms with Gasteiger partial charge in [0.05, 0.1) is 5.48 Å². The Kier molecular flexibility index (Phi) is 8.18. The van der Waals surface area contributed by atoms with Crippen LogP contribution in [0.2, 0.25) is 0 Å². The molecule has 0 unspecified atom stereocenters. The van der Waals surface area contributed by atoms with Crippen LogP contribution in [-0.4, -0.2) is 0 Å². The summed E-state index contributed by atoms with van der Waals surface area (Å²) in [6.07, 6.45) is 0. The summed E-state index contributed by atoms with van der Waals surface area (Å²) < 4.78 is 38.6. The molecule has 0 bridgehead atoms. The van der Waals surface area contributed by atoms with E-state index < -0.39 is 0 Å². The van der Waals surface area contributed by atoms with Gasteiger partial charge in [-0.1, -0.05) is 200 Å². The van der Waals surface area contributed by atoms with Gasteiger partial charge in [-0.2, -0.15) is 0 Å². The van der Waals surface area contributed by atoms with Crippen molar-refractivity contribution in [3.05, 3.63) is 249 Å². The van der Waals surface area contributed by atoms with Crippen molar-refractivity contribution in [1.29, 1.82) is 0 Å². The maximum Gasteiger partial charge on any atom is 0.0645 e. The second-order valence-corrected chi connectivity index (χ2v) is 15.4. The lowest BCUT2D eigenvalue weighted by molar-refractivity contribution is 1.28. The summed E-state index contributed by atoms with van der Waals surface area (Å²) in [7, 11) is 0. The Morgan fingerprint density at radius 2 is 0.705 bits per heavy atom. The van der Waals surface area contributed by atoms with Gasteiger partial charge in [-0.15, -0.1) is 0 Å². The van der Waals surface area contributed by atoms with Crippen molar-refractivity contribution in [3.63, 3.8) is 0 Å². The molecule has 286 valence electrons. The molecule has 61 heavy (non-hydrogen) atoms. The molecule has 0 saturated heterocycles. The van der Waals surface area contributed by atoms with Gasteiger partial charge in [0.2, 0.25) is 0 Å².